The number of hydrogen-bond acceptors (Lipinski definition) is 3. The van der Waals surface area contributed by atoms with Crippen molar-refractivity contribution in [3.63, 3.8) is 0 Å². The van der Waals surface area contributed by atoms with Gasteiger partial charge in [-0.1, -0.05) is 6.07 Å². The van der Waals surface area contributed by atoms with Gasteiger partial charge >= 0.3 is 0 Å². The maximum absolute atomic E-state index is 11.6. The van der Waals surface area contributed by atoms with Gasteiger partial charge in [-0.3, -0.25) is 4.79 Å². The van der Waals surface area contributed by atoms with Gasteiger partial charge in [0.15, 0.2) is 5.78 Å². The van der Waals surface area contributed by atoms with E-state index in [0.29, 0.717) is 17.1 Å². The first-order chi connectivity index (χ1) is 7.72. The molecule has 0 saturated heterocycles. The average Bonchev–Trinajstić information content (AvgIpc) is 2.22. The van der Waals surface area contributed by atoms with E-state index in [0.717, 1.165) is 12.8 Å². The Balaban J connectivity index is 2.30. The van der Waals surface area contributed by atoms with E-state index in [1.165, 1.54) is 13.3 Å². The molecule has 1 fully saturated rings. The third kappa shape index (κ3) is 2.03. The highest BCUT2D eigenvalue weighted by Gasteiger charge is 2.22. The van der Waals surface area contributed by atoms with Gasteiger partial charge in [0.25, 0.3) is 0 Å². The number of carbonyl (C=O) groups excluding carboxylic acids is 1. The number of ether oxygens (including phenoxy) is 2. The van der Waals surface area contributed by atoms with Gasteiger partial charge in [0.2, 0.25) is 0 Å². The SMILES string of the molecule is COc1cccc(OC2CCC2)c1C(C)=O. The Labute approximate surface area is 95.4 Å². The fourth-order valence-corrected chi connectivity index (χ4v) is 1.79. The molecule has 0 heterocycles. The summed E-state index contributed by atoms with van der Waals surface area (Å²) in [6, 6.07) is 5.46. The predicted octanol–water partition coefficient (Wildman–Crippen LogP) is 2.83. The molecule has 86 valence electrons. The lowest BCUT2D eigenvalue weighted by Crippen LogP contribution is -2.25. The molecule has 0 aliphatic heterocycles. The van der Waals surface area contributed by atoms with Gasteiger partial charge < -0.3 is 9.47 Å². The Morgan fingerprint density at radius 1 is 1.31 bits per heavy atom. The van der Waals surface area contributed by atoms with Crippen LogP contribution in [0.15, 0.2) is 18.2 Å². The summed E-state index contributed by atoms with van der Waals surface area (Å²) in [4.78, 5) is 11.6. The topological polar surface area (TPSA) is 35.5 Å². The lowest BCUT2D eigenvalue weighted by atomic mass is 9.96. The Morgan fingerprint density at radius 2 is 2.00 bits per heavy atom. The van der Waals surface area contributed by atoms with Crippen LogP contribution in [0.1, 0.15) is 36.5 Å². The van der Waals surface area contributed by atoms with Crippen LogP contribution in [-0.2, 0) is 0 Å². The second kappa shape index (κ2) is 4.56. The smallest absolute Gasteiger partial charge is 0.167 e. The highest BCUT2D eigenvalue weighted by atomic mass is 16.5. The summed E-state index contributed by atoms with van der Waals surface area (Å²) in [5, 5.41) is 0. The zero-order valence-electron chi connectivity index (χ0n) is 9.66. The van der Waals surface area contributed by atoms with Crippen molar-refractivity contribution in [3.05, 3.63) is 23.8 Å². The summed E-state index contributed by atoms with van der Waals surface area (Å²) in [5.41, 5.74) is 0.553. The van der Waals surface area contributed by atoms with E-state index in [9.17, 15) is 4.79 Å². The van der Waals surface area contributed by atoms with Crippen molar-refractivity contribution in [2.45, 2.75) is 32.3 Å². The molecule has 3 heteroatoms. The van der Waals surface area contributed by atoms with Gasteiger partial charge in [-0.05, 0) is 38.3 Å². The van der Waals surface area contributed by atoms with Crippen LogP contribution >= 0.6 is 0 Å². The Morgan fingerprint density at radius 3 is 2.50 bits per heavy atom. The third-order valence-electron chi connectivity index (χ3n) is 2.91. The molecule has 3 nitrogen and oxygen atoms in total. The van der Waals surface area contributed by atoms with Crippen LogP contribution in [0.2, 0.25) is 0 Å². The van der Waals surface area contributed by atoms with Crippen LogP contribution in [0.25, 0.3) is 0 Å². The zero-order chi connectivity index (χ0) is 11.5. The van der Waals surface area contributed by atoms with E-state index >= 15 is 0 Å². The normalized spacial score (nSPS) is 15.4. The minimum absolute atomic E-state index is 0.0215. The molecule has 2 rings (SSSR count). The first kappa shape index (κ1) is 11.0. The van der Waals surface area contributed by atoms with Gasteiger partial charge in [0, 0.05) is 0 Å². The molecule has 1 aromatic carbocycles. The molecule has 0 bridgehead atoms. The summed E-state index contributed by atoms with van der Waals surface area (Å²) in [5.74, 6) is 1.22. The largest absolute Gasteiger partial charge is 0.496 e. The second-order valence-corrected chi connectivity index (χ2v) is 4.06. The highest BCUT2D eigenvalue weighted by Crippen LogP contribution is 2.32. The molecule has 16 heavy (non-hydrogen) atoms. The van der Waals surface area contributed by atoms with Crippen molar-refractivity contribution in [2.24, 2.45) is 0 Å². The maximum atomic E-state index is 11.6. The Kier molecular flexibility index (Phi) is 3.13. The van der Waals surface area contributed by atoms with Crippen molar-refractivity contribution in [1.29, 1.82) is 0 Å². The molecule has 1 aromatic rings. The summed E-state index contributed by atoms with van der Waals surface area (Å²) >= 11 is 0. The summed E-state index contributed by atoms with van der Waals surface area (Å²) in [6.07, 6.45) is 3.64. The van der Waals surface area contributed by atoms with Crippen LogP contribution in [-0.4, -0.2) is 19.0 Å². The van der Waals surface area contributed by atoms with Crippen LogP contribution in [0.5, 0.6) is 11.5 Å². The standard InChI is InChI=1S/C13H16O3/c1-9(14)13-11(15-2)7-4-8-12(13)16-10-5-3-6-10/h4,7-8,10H,3,5-6H2,1-2H3. The number of rotatable bonds is 4. The molecular formula is C13H16O3. The lowest BCUT2D eigenvalue weighted by molar-refractivity contribution is 0.0979. The Bertz CT molecular complexity index is 394. The summed E-state index contributed by atoms with van der Waals surface area (Å²) < 4.78 is 11.0. The monoisotopic (exact) mass is 220 g/mol. The molecular weight excluding hydrogens is 204 g/mol. The fraction of sp³-hybridized carbons (Fsp3) is 0.462. The lowest BCUT2D eigenvalue weighted by Gasteiger charge is -2.27. The van der Waals surface area contributed by atoms with Crippen molar-refractivity contribution in [1.82, 2.24) is 0 Å². The van der Waals surface area contributed by atoms with E-state index in [4.69, 9.17) is 9.47 Å². The number of carbonyl (C=O) groups is 1. The predicted molar refractivity (Wildman–Crippen MR) is 61.3 cm³/mol. The van der Waals surface area contributed by atoms with Crippen LogP contribution in [0, 0.1) is 0 Å². The molecule has 0 atom stereocenters. The Hall–Kier alpha value is -1.51. The van der Waals surface area contributed by atoms with Gasteiger partial charge in [0.1, 0.15) is 17.1 Å². The van der Waals surface area contributed by atoms with Gasteiger partial charge in [-0.2, -0.15) is 0 Å². The van der Waals surface area contributed by atoms with Crippen molar-refractivity contribution < 1.29 is 14.3 Å². The quantitative estimate of drug-likeness (QED) is 0.732. The molecule has 0 spiro atoms. The minimum Gasteiger partial charge on any atom is -0.496 e. The highest BCUT2D eigenvalue weighted by molar-refractivity contribution is 5.99. The van der Waals surface area contributed by atoms with Gasteiger partial charge in [0.05, 0.1) is 13.2 Å². The zero-order valence-corrected chi connectivity index (χ0v) is 9.66. The van der Waals surface area contributed by atoms with Crippen LogP contribution < -0.4 is 9.47 Å². The molecule has 0 aromatic heterocycles. The summed E-state index contributed by atoms with van der Waals surface area (Å²) in [6.45, 7) is 1.53. The van der Waals surface area contributed by atoms with E-state index in [1.807, 2.05) is 12.1 Å². The molecule has 0 unspecified atom stereocenters. The number of hydrogen-bond donors (Lipinski definition) is 0. The number of benzene rings is 1. The van der Waals surface area contributed by atoms with Crippen molar-refractivity contribution in [2.75, 3.05) is 7.11 Å². The number of ketones is 1. The second-order valence-electron chi connectivity index (χ2n) is 4.06. The molecule has 0 amide bonds. The molecule has 1 aliphatic rings. The maximum Gasteiger partial charge on any atom is 0.167 e. The minimum atomic E-state index is -0.0215. The van der Waals surface area contributed by atoms with E-state index in [-0.39, 0.29) is 11.9 Å². The fourth-order valence-electron chi connectivity index (χ4n) is 1.79. The van der Waals surface area contributed by atoms with Gasteiger partial charge in [-0.25, -0.2) is 0 Å². The first-order valence-corrected chi connectivity index (χ1v) is 5.57. The third-order valence-corrected chi connectivity index (χ3v) is 2.91. The molecule has 0 N–H and O–H groups in total. The van der Waals surface area contributed by atoms with Crippen LogP contribution in [0.3, 0.4) is 0 Å². The van der Waals surface area contributed by atoms with E-state index in [2.05, 4.69) is 0 Å². The van der Waals surface area contributed by atoms with Crippen LogP contribution in [0.4, 0.5) is 0 Å². The van der Waals surface area contributed by atoms with Crippen molar-refractivity contribution >= 4 is 5.78 Å². The molecule has 1 aliphatic carbocycles. The van der Waals surface area contributed by atoms with E-state index in [1.54, 1.807) is 13.2 Å². The van der Waals surface area contributed by atoms with E-state index < -0.39 is 0 Å². The molecule has 0 radical (unpaired) electrons. The van der Waals surface area contributed by atoms with Gasteiger partial charge in [-0.15, -0.1) is 0 Å². The summed E-state index contributed by atoms with van der Waals surface area (Å²) in [7, 11) is 1.56. The number of Topliss-reactive ketones (excluding diaryl/α,β-unsaturated/α-hetero) is 1. The average molecular weight is 220 g/mol. The molecule has 1 saturated carbocycles. The first-order valence-electron chi connectivity index (χ1n) is 5.57. The van der Waals surface area contributed by atoms with Crippen molar-refractivity contribution in [3.8, 4) is 11.5 Å². The number of methoxy groups -OCH3 is 1.